The van der Waals surface area contributed by atoms with Crippen LogP contribution in [0.25, 0.3) is 11.0 Å². The van der Waals surface area contributed by atoms with E-state index in [1.807, 2.05) is 4.90 Å². The van der Waals surface area contributed by atoms with E-state index < -0.39 is 0 Å². The smallest absolute Gasteiger partial charge is 0.219 e. The normalized spacial score (nSPS) is 18.7. The van der Waals surface area contributed by atoms with E-state index in [-0.39, 0.29) is 5.91 Å². The van der Waals surface area contributed by atoms with E-state index in [2.05, 4.69) is 22.6 Å². The molecule has 1 saturated heterocycles. The highest BCUT2D eigenvalue weighted by Gasteiger charge is 2.21. The zero-order valence-electron chi connectivity index (χ0n) is 15.7. The highest BCUT2D eigenvalue weighted by Crippen LogP contribution is 2.28. The molecule has 1 aromatic carbocycles. The third-order valence-corrected chi connectivity index (χ3v) is 6.07. The SMILES string of the molecule is CC(=O)N1CCC(CCCc2noc3cc4c(cc23)CNCCC4)CC1. The molecular weight excluding hydrogens is 326 g/mol. The zero-order valence-corrected chi connectivity index (χ0v) is 15.7. The number of nitrogens with one attached hydrogen (secondary N) is 1. The number of benzene rings is 1. The van der Waals surface area contributed by atoms with Crippen LogP contribution in [0.2, 0.25) is 0 Å². The third-order valence-electron chi connectivity index (χ3n) is 6.07. The summed E-state index contributed by atoms with van der Waals surface area (Å²) in [4.78, 5) is 13.4. The van der Waals surface area contributed by atoms with Crippen molar-refractivity contribution in [1.29, 1.82) is 0 Å². The average molecular weight is 355 g/mol. The monoisotopic (exact) mass is 355 g/mol. The van der Waals surface area contributed by atoms with E-state index in [0.717, 1.165) is 75.5 Å². The molecule has 1 amide bonds. The maximum atomic E-state index is 11.4. The molecule has 0 radical (unpaired) electrons. The predicted molar refractivity (Wildman–Crippen MR) is 102 cm³/mol. The van der Waals surface area contributed by atoms with Crippen LogP contribution in [0.3, 0.4) is 0 Å². The number of hydrogen-bond acceptors (Lipinski definition) is 4. The van der Waals surface area contributed by atoms with Gasteiger partial charge in [-0.05, 0) is 80.7 Å². The molecule has 1 fully saturated rings. The Bertz CT molecular complexity index is 775. The zero-order chi connectivity index (χ0) is 17.9. The quantitative estimate of drug-likeness (QED) is 0.913. The largest absolute Gasteiger partial charge is 0.356 e. The van der Waals surface area contributed by atoms with Crippen molar-refractivity contribution in [3.63, 3.8) is 0 Å². The number of carbonyl (C=O) groups is 1. The Morgan fingerprint density at radius 1 is 1.31 bits per heavy atom. The van der Waals surface area contributed by atoms with E-state index in [0.29, 0.717) is 0 Å². The Balaban J connectivity index is 1.36. The fraction of sp³-hybridized carbons (Fsp3) is 0.619. The van der Waals surface area contributed by atoms with Gasteiger partial charge in [-0.2, -0.15) is 0 Å². The molecule has 0 unspecified atom stereocenters. The van der Waals surface area contributed by atoms with Gasteiger partial charge in [0.25, 0.3) is 0 Å². The molecule has 2 aromatic rings. The Labute approximate surface area is 155 Å². The summed E-state index contributed by atoms with van der Waals surface area (Å²) in [6.45, 7) is 5.55. The Hall–Kier alpha value is -1.88. The number of amides is 1. The summed E-state index contributed by atoms with van der Waals surface area (Å²) in [5, 5.41) is 9.05. The minimum Gasteiger partial charge on any atom is -0.356 e. The molecule has 0 aliphatic carbocycles. The minimum absolute atomic E-state index is 0.214. The van der Waals surface area contributed by atoms with Crippen molar-refractivity contribution in [2.45, 2.75) is 58.4 Å². The van der Waals surface area contributed by atoms with Crippen molar-refractivity contribution in [1.82, 2.24) is 15.4 Å². The van der Waals surface area contributed by atoms with Crippen molar-refractivity contribution < 1.29 is 9.32 Å². The van der Waals surface area contributed by atoms with Gasteiger partial charge in [-0.25, -0.2) is 0 Å². The summed E-state index contributed by atoms with van der Waals surface area (Å²) < 4.78 is 5.62. The number of rotatable bonds is 4. The maximum Gasteiger partial charge on any atom is 0.219 e. The van der Waals surface area contributed by atoms with Gasteiger partial charge < -0.3 is 14.7 Å². The first-order valence-corrected chi connectivity index (χ1v) is 10.1. The molecule has 2 aliphatic heterocycles. The number of nitrogens with zero attached hydrogens (tertiary/aromatic N) is 2. The molecule has 2 aliphatic rings. The number of aryl methyl sites for hydroxylation is 2. The van der Waals surface area contributed by atoms with Crippen LogP contribution in [0.5, 0.6) is 0 Å². The fourth-order valence-electron chi connectivity index (χ4n) is 4.42. The van der Waals surface area contributed by atoms with Crippen molar-refractivity contribution in [3.8, 4) is 0 Å². The van der Waals surface area contributed by atoms with Gasteiger partial charge in [0.15, 0.2) is 5.58 Å². The van der Waals surface area contributed by atoms with E-state index in [1.54, 1.807) is 6.92 Å². The molecule has 4 rings (SSSR count). The van der Waals surface area contributed by atoms with E-state index in [4.69, 9.17) is 4.52 Å². The third kappa shape index (κ3) is 3.78. The van der Waals surface area contributed by atoms with Crippen molar-refractivity contribution in [2.24, 2.45) is 5.92 Å². The summed E-state index contributed by atoms with van der Waals surface area (Å²) in [6, 6.07) is 4.49. The lowest BCUT2D eigenvalue weighted by Crippen LogP contribution is -2.36. The Morgan fingerprint density at radius 3 is 2.96 bits per heavy atom. The summed E-state index contributed by atoms with van der Waals surface area (Å²) in [5.41, 5.74) is 4.85. The molecular formula is C21H29N3O2. The molecule has 0 spiro atoms. The molecule has 1 N–H and O–H groups in total. The van der Waals surface area contributed by atoms with Crippen molar-refractivity contribution >= 4 is 16.9 Å². The van der Waals surface area contributed by atoms with Crippen LogP contribution in [0.4, 0.5) is 0 Å². The molecule has 0 bridgehead atoms. The lowest BCUT2D eigenvalue weighted by atomic mass is 9.91. The van der Waals surface area contributed by atoms with Crippen molar-refractivity contribution in [3.05, 3.63) is 29.0 Å². The maximum absolute atomic E-state index is 11.4. The van der Waals surface area contributed by atoms with Crippen LogP contribution >= 0.6 is 0 Å². The summed E-state index contributed by atoms with van der Waals surface area (Å²) in [6.07, 6.45) is 7.91. The van der Waals surface area contributed by atoms with Gasteiger partial charge in [0.2, 0.25) is 5.91 Å². The van der Waals surface area contributed by atoms with Gasteiger partial charge in [0.05, 0.1) is 5.69 Å². The number of likely N-dealkylation sites (tertiary alicyclic amines) is 1. The first-order valence-electron chi connectivity index (χ1n) is 10.1. The van der Waals surface area contributed by atoms with Gasteiger partial charge in [-0.3, -0.25) is 4.79 Å². The molecule has 26 heavy (non-hydrogen) atoms. The van der Waals surface area contributed by atoms with E-state index >= 15 is 0 Å². The second-order valence-electron chi connectivity index (χ2n) is 7.87. The molecule has 140 valence electrons. The van der Waals surface area contributed by atoms with Gasteiger partial charge in [-0.1, -0.05) is 5.16 Å². The molecule has 5 nitrogen and oxygen atoms in total. The van der Waals surface area contributed by atoms with Gasteiger partial charge in [0, 0.05) is 31.9 Å². The van der Waals surface area contributed by atoms with Crippen LogP contribution in [-0.4, -0.2) is 35.6 Å². The Kier molecular flexibility index (Phi) is 5.25. The van der Waals surface area contributed by atoms with Crippen molar-refractivity contribution in [2.75, 3.05) is 19.6 Å². The summed E-state index contributed by atoms with van der Waals surface area (Å²) in [5.74, 6) is 0.954. The van der Waals surface area contributed by atoms with Crippen LogP contribution in [-0.2, 0) is 24.2 Å². The fourth-order valence-corrected chi connectivity index (χ4v) is 4.42. The van der Waals surface area contributed by atoms with Crippen LogP contribution in [0.1, 0.15) is 55.8 Å². The van der Waals surface area contributed by atoms with E-state index in [9.17, 15) is 4.79 Å². The van der Waals surface area contributed by atoms with Gasteiger partial charge in [-0.15, -0.1) is 0 Å². The second-order valence-corrected chi connectivity index (χ2v) is 7.87. The van der Waals surface area contributed by atoms with Crippen LogP contribution in [0.15, 0.2) is 16.7 Å². The van der Waals surface area contributed by atoms with Gasteiger partial charge >= 0.3 is 0 Å². The number of aromatic nitrogens is 1. The molecule has 0 saturated carbocycles. The topological polar surface area (TPSA) is 58.4 Å². The predicted octanol–water partition coefficient (Wildman–Crippen LogP) is 3.44. The molecule has 3 heterocycles. The molecule has 0 atom stereocenters. The highest BCUT2D eigenvalue weighted by molar-refractivity contribution is 5.81. The van der Waals surface area contributed by atoms with Gasteiger partial charge in [0.1, 0.15) is 0 Å². The first kappa shape index (κ1) is 17.5. The minimum atomic E-state index is 0.214. The molecule has 1 aromatic heterocycles. The number of piperidine rings is 1. The lowest BCUT2D eigenvalue weighted by molar-refractivity contribution is -0.130. The van der Waals surface area contributed by atoms with Crippen LogP contribution in [0, 0.1) is 5.92 Å². The second kappa shape index (κ2) is 7.78. The molecule has 5 heteroatoms. The Morgan fingerprint density at radius 2 is 2.15 bits per heavy atom. The number of fused-ring (bicyclic) bond motifs is 2. The highest BCUT2D eigenvalue weighted by atomic mass is 16.5. The number of carbonyl (C=O) groups excluding carboxylic acids is 1. The standard InChI is InChI=1S/C21H29N3O2/c1-15(25)24-10-7-16(8-11-24)4-2-6-20-19-12-18-14-22-9-3-5-17(18)13-21(19)26-23-20/h12-13,16,22H,2-11,14H2,1H3. The van der Waals surface area contributed by atoms with Crippen LogP contribution < -0.4 is 5.32 Å². The first-order chi connectivity index (χ1) is 12.7. The summed E-state index contributed by atoms with van der Waals surface area (Å²) >= 11 is 0. The number of hydrogen-bond donors (Lipinski definition) is 1. The average Bonchev–Trinajstić information content (AvgIpc) is 2.88. The summed E-state index contributed by atoms with van der Waals surface area (Å²) in [7, 11) is 0. The lowest BCUT2D eigenvalue weighted by Gasteiger charge is -2.31. The van der Waals surface area contributed by atoms with E-state index in [1.165, 1.54) is 29.4 Å².